The Hall–Kier alpha value is -11.9. The summed E-state index contributed by atoms with van der Waals surface area (Å²) in [7, 11) is 0. The van der Waals surface area contributed by atoms with E-state index >= 15 is 0 Å². The van der Waals surface area contributed by atoms with Crippen LogP contribution in [0.5, 0.6) is 0 Å². The number of hydrogen-bond donors (Lipinski definition) is 0. The van der Waals surface area contributed by atoms with E-state index in [1.165, 1.54) is 86.9 Å². The van der Waals surface area contributed by atoms with Crippen LogP contribution in [0.25, 0.3) is 177 Å². The molecule has 17 rings (SSSR count). The van der Waals surface area contributed by atoms with E-state index in [9.17, 15) is 0 Å². The average Bonchev–Trinajstić information content (AvgIpc) is 0.804. The van der Waals surface area contributed by atoms with Crippen molar-refractivity contribution < 1.29 is 0 Å². The SMILES string of the molecule is c1ccc(-c2cc(-c3cccc(-c4cccc(-c5ccc6c7ccccc7c7ccccc7c6c5)c4)c3)cc(-c3ccc(-c4cccc5c6cc(-c7cccc(-c8cc(-c9ccccc9)nc(-c9ccccc9)n8)c7)ccc6c6ccccc6c45)cc3)n2)cc1. The molecule has 0 aliphatic rings. The lowest BCUT2D eigenvalue weighted by Crippen LogP contribution is -1.96. The fourth-order valence-electron chi connectivity index (χ4n) is 13.6. The zero-order valence-electron chi connectivity index (χ0n) is 49.1. The Morgan fingerprint density at radius 1 is 0.144 bits per heavy atom. The van der Waals surface area contributed by atoms with Crippen molar-refractivity contribution in [3.05, 3.63) is 334 Å². The molecule has 3 heteroatoms. The summed E-state index contributed by atoms with van der Waals surface area (Å²) >= 11 is 0. The molecule has 2 aromatic heterocycles. The first-order chi connectivity index (χ1) is 44.6. The van der Waals surface area contributed by atoms with E-state index in [-0.39, 0.29) is 0 Å². The van der Waals surface area contributed by atoms with E-state index in [0.717, 1.165) is 84.0 Å². The third kappa shape index (κ3) is 9.45. The topological polar surface area (TPSA) is 38.7 Å². The molecule has 418 valence electrons. The van der Waals surface area contributed by atoms with Gasteiger partial charge in [0.05, 0.1) is 22.8 Å². The van der Waals surface area contributed by atoms with E-state index in [4.69, 9.17) is 15.0 Å². The zero-order chi connectivity index (χ0) is 59.5. The highest BCUT2D eigenvalue weighted by Crippen LogP contribution is 2.44. The number of fused-ring (bicyclic) bond motifs is 12. The van der Waals surface area contributed by atoms with Gasteiger partial charge in [-0.25, -0.2) is 15.0 Å². The molecule has 0 N–H and O–H groups in total. The van der Waals surface area contributed by atoms with Gasteiger partial charge in [0.1, 0.15) is 0 Å². The molecule has 0 atom stereocenters. The summed E-state index contributed by atoms with van der Waals surface area (Å²) in [6.07, 6.45) is 0. The Kier molecular flexibility index (Phi) is 12.9. The van der Waals surface area contributed by atoms with Crippen molar-refractivity contribution in [2.45, 2.75) is 0 Å². The van der Waals surface area contributed by atoms with Crippen LogP contribution in [-0.4, -0.2) is 15.0 Å². The number of benzene rings is 15. The van der Waals surface area contributed by atoms with Crippen molar-refractivity contribution in [2.75, 3.05) is 0 Å². The highest BCUT2D eigenvalue weighted by Gasteiger charge is 2.18. The van der Waals surface area contributed by atoms with Gasteiger partial charge in [0.15, 0.2) is 5.82 Å². The second kappa shape index (κ2) is 22.1. The van der Waals surface area contributed by atoms with Crippen molar-refractivity contribution in [3.8, 4) is 112 Å². The Morgan fingerprint density at radius 3 is 0.967 bits per heavy atom. The summed E-state index contributed by atoms with van der Waals surface area (Å²) in [4.78, 5) is 15.6. The van der Waals surface area contributed by atoms with Crippen LogP contribution in [0.4, 0.5) is 0 Å². The highest BCUT2D eigenvalue weighted by molar-refractivity contribution is 6.29. The van der Waals surface area contributed by atoms with Gasteiger partial charge in [-0.15, -0.1) is 0 Å². The van der Waals surface area contributed by atoms with Gasteiger partial charge in [-0.05, 0) is 169 Å². The highest BCUT2D eigenvalue weighted by atomic mass is 14.9. The first-order valence-corrected chi connectivity index (χ1v) is 30.8. The molecule has 2 heterocycles. The molecule has 0 aliphatic heterocycles. The van der Waals surface area contributed by atoms with E-state index < -0.39 is 0 Å². The van der Waals surface area contributed by atoms with Crippen molar-refractivity contribution in [1.29, 1.82) is 0 Å². The van der Waals surface area contributed by atoms with Gasteiger partial charge in [0.25, 0.3) is 0 Å². The Labute approximate surface area is 522 Å². The number of nitrogens with zero attached hydrogens (tertiary/aromatic N) is 3. The summed E-state index contributed by atoms with van der Waals surface area (Å²) in [5, 5.41) is 15.0. The predicted molar refractivity (Wildman–Crippen MR) is 379 cm³/mol. The minimum Gasteiger partial charge on any atom is -0.248 e. The van der Waals surface area contributed by atoms with Gasteiger partial charge in [-0.1, -0.05) is 285 Å². The second-order valence-corrected chi connectivity index (χ2v) is 23.4. The van der Waals surface area contributed by atoms with Crippen LogP contribution in [-0.2, 0) is 0 Å². The molecule has 3 nitrogen and oxygen atoms in total. The molecular formula is C87H55N3. The molecular weight excluding hydrogens is 1090 g/mol. The number of hydrogen-bond acceptors (Lipinski definition) is 3. The van der Waals surface area contributed by atoms with Crippen LogP contribution < -0.4 is 0 Å². The van der Waals surface area contributed by atoms with Gasteiger partial charge in [0, 0.05) is 27.8 Å². The summed E-state index contributed by atoms with van der Waals surface area (Å²) in [6.45, 7) is 0. The smallest absolute Gasteiger partial charge is 0.160 e. The van der Waals surface area contributed by atoms with E-state index in [2.05, 4.69) is 309 Å². The standard InChI is InChI=1S/C87H55N3/c1-4-20-57(21-5-1)82-53-69(65-30-17-27-62(49-65)61-26-16-28-63(48-61)66-44-46-76-73-34-11-10-32-71(73)72-33-12-13-36-75(72)80(76)51-66)54-83(88-82)59-42-40-56(41-43-59)70-38-19-39-79-81-52-67(45-47-77(81)74-35-14-15-37-78(74)86(70)79)64-29-18-31-68(50-64)85-55-84(58-22-6-2-7-23-58)89-87(90-85)60-24-8-3-9-25-60/h1-55H. The maximum atomic E-state index is 5.39. The Morgan fingerprint density at radius 2 is 0.444 bits per heavy atom. The molecule has 0 spiro atoms. The second-order valence-electron chi connectivity index (χ2n) is 23.4. The van der Waals surface area contributed by atoms with Crippen LogP contribution in [0.2, 0.25) is 0 Å². The predicted octanol–water partition coefficient (Wildman–Crippen LogP) is 23.5. The normalized spacial score (nSPS) is 11.6. The Bertz CT molecular complexity index is 5550. The maximum absolute atomic E-state index is 5.39. The van der Waals surface area contributed by atoms with Gasteiger partial charge >= 0.3 is 0 Å². The van der Waals surface area contributed by atoms with Crippen molar-refractivity contribution in [2.24, 2.45) is 0 Å². The fraction of sp³-hybridized carbons (Fsp3) is 0. The quantitative estimate of drug-likeness (QED) is 0.128. The summed E-state index contributed by atoms with van der Waals surface area (Å²) in [5.74, 6) is 0.701. The van der Waals surface area contributed by atoms with E-state index in [1.807, 2.05) is 24.3 Å². The molecule has 0 aliphatic carbocycles. The molecule has 90 heavy (non-hydrogen) atoms. The lowest BCUT2D eigenvalue weighted by Gasteiger charge is -2.16. The largest absolute Gasteiger partial charge is 0.248 e. The average molecular weight is 1140 g/mol. The van der Waals surface area contributed by atoms with Crippen molar-refractivity contribution in [1.82, 2.24) is 15.0 Å². The third-order valence-electron chi connectivity index (χ3n) is 18.0. The molecule has 0 saturated carbocycles. The van der Waals surface area contributed by atoms with Crippen LogP contribution in [0.3, 0.4) is 0 Å². The van der Waals surface area contributed by atoms with Crippen LogP contribution in [0, 0.1) is 0 Å². The number of pyridine rings is 1. The Balaban J connectivity index is 0.720. The zero-order valence-corrected chi connectivity index (χ0v) is 49.1. The summed E-state index contributed by atoms with van der Waals surface area (Å²) in [6, 6.07) is 121. The minimum absolute atomic E-state index is 0.701. The van der Waals surface area contributed by atoms with E-state index in [0.29, 0.717) is 5.82 Å². The first-order valence-electron chi connectivity index (χ1n) is 30.8. The van der Waals surface area contributed by atoms with Gasteiger partial charge < -0.3 is 0 Å². The maximum Gasteiger partial charge on any atom is 0.160 e. The van der Waals surface area contributed by atoms with Gasteiger partial charge in [-0.3, -0.25) is 0 Å². The number of aromatic nitrogens is 3. The molecule has 15 aromatic carbocycles. The van der Waals surface area contributed by atoms with Crippen LogP contribution >= 0.6 is 0 Å². The van der Waals surface area contributed by atoms with Crippen molar-refractivity contribution in [3.63, 3.8) is 0 Å². The molecule has 0 fully saturated rings. The van der Waals surface area contributed by atoms with Gasteiger partial charge in [0.2, 0.25) is 0 Å². The molecule has 0 unspecified atom stereocenters. The van der Waals surface area contributed by atoms with Crippen LogP contribution in [0.1, 0.15) is 0 Å². The van der Waals surface area contributed by atoms with E-state index in [1.54, 1.807) is 0 Å². The molecule has 17 aromatic rings. The lowest BCUT2D eigenvalue weighted by molar-refractivity contribution is 1.18. The molecule has 0 radical (unpaired) electrons. The molecule has 0 bridgehead atoms. The number of rotatable bonds is 10. The molecule has 0 saturated heterocycles. The minimum atomic E-state index is 0.701. The third-order valence-corrected chi connectivity index (χ3v) is 18.0. The van der Waals surface area contributed by atoms with Crippen molar-refractivity contribution >= 4 is 64.6 Å². The summed E-state index contributed by atoms with van der Waals surface area (Å²) in [5.41, 5.74) is 20.3. The van der Waals surface area contributed by atoms with Crippen LogP contribution in [0.15, 0.2) is 334 Å². The first kappa shape index (κ1) is 52.4. The fourth-order valence-corrected chi connectivity index (χ4v) is 13.6. The lowest BCUT2D eigenvalue weighted by atomic mass is 9.88. The monoisotopic (exact) mass is 1140 g/mol. The summed E-state index contributed by atoms with van der Waals surface area (Å²) < 4.78 is 0. The molecule has 0 amide bonds. The van der Waals surface area contributed by atoms with Gasteiger partial charge in [-0.2, -0.15) is 0 Å².